The molecule has 19 heavy (non-hydrogen) atoms. The van der Waals surface area contributed by atoms with Crippen LogP contribution in [0.3, 0.4) is 0 Å². The van der Waals surface area contributed by atoms with E-state index < -0.39 is 20.3 Å². The number of thiazole rings is 1. The second-order valence-corrected chi connectivity index (χ2v) is 7.56. The number of aliphatic hydroxyl groups excluding tert-OH is 1. The predicted octanol–water partition coefficient (Wildman–Crippen LogP) is 0.822. The fourth-order valence-corrected chi connectivity index (χ4v) is 4.24. The zero-order valence-electron chi connectivity index (χ0n) is 11.3. The average molecular weight is 308 g/mol. The standard InChI is InChI=1S/C11H20N2O4S2/c1-4-11(5-2,7-14)6-12-19(16,17)9-8(3)13-10(15)18-9/h12,14H,4-7H2,1-3H3,(H,13,15). The topological polar surface area (TPSA) is 99.3 Å². The van der Waals surface area contributed by atoms with Gasteiger partial charge in [0.25, 0.3) is 10.0 Å². The Labute approximate surface area is 116 Å². The van der Waals surface area contributed by atoms with E-state index in [1.54, 1.807) is 6.92 Å². The van der Waals surface area contributed by atoms with Gasteiger partial charge in [0.05, 0.1) is 0 Å². The fourth-order valence-electron chi connectivity index (χ4n) is 1.74. The van der Waals surface area contributed by atoms with E-state index in [1.807, 2.05) is 13.8 Å². The van der Waals surface area contributed by atoms with Crippen molar-refractivity contribution in [3.63, 3.8) is 0 Å². The molecule has 6 nitrogen and oxygen atoms in total. The zero-order chi connectivity index (χ0) is 14.7. The number of aryl methyl sites for hydroxylation is 1. The summed E-state index contributed by atoms with van der Waals surface area (Å²) in [7, 11) is -3.71. The van der Waals surface area contributed by atoms with Crippen LogP contribution in [-0.4, -0.2) is 31.7 Å². The Morgan fingerprint density at radius 2 is 1.95 bits per heavy atom. The summed E-state index contributed by atoms with van der Waals surface area (Å²) in [5, 5.41) is 9.41. The third-order valence-corrected chi connectivity index (χ3v) is 6.50. The van der Waals surface area contributed by atoms with Crippen LogP contribution in [0.5, 0.6) is 0 Å². The summed E-state index contributed by atoms with van der Waals surface area (Å²) >= 11 is 0.671. The van der Waals surface area contributed by atoms with Gasteiger partial charge < -0.3 is 10.1 Å². The summed E-state index contributed by atoms with van der Waals surface area (Å²) in [5.74, 6) is 0. The highest BCUT2D eigenvalue weighted by Gasteiger charge is 2.29. The summed E-state index contributed by atoms with van der Waals surface area (Å²) < 4.78 is 26.7. The van der Waals surface area contributed by atoms with Crippen molar-refractivity contribution >= 4 is 21.4 Å². The molecular weight excluding hydrogens is 288 g/mol. The van der Waals surface area contributed by atoms with Crippen molar-refractivity contribution in [3.8, 4) is 0 Å². The van der Waals surface area contributed by atoms with E-state index in [4.69, 9.17) is 0 Å². The van der Waals surface area contributed by atoms with Gasteiger partial charge in [-0.05, 0) is 19.8 Å². The SMILES string of the molecule is CCC(CC)(CO)CNS(=O)(=O)c1sc(=O)[nH]c1C. The molecule has 110 valence electrons. The summed E-state index contributed by atoms with van der Waals surface area (Å²) in [6.45, 7) is 5.45. The molecule has 0 aliphatic rings. The lowest BCUT2D eigenvalue weighted by atomic mass is 9.84. The van der Waals surface area contributed by atoms with Crippen molar-refractivity contribution in [1.82, 2.24) is 9.71 Å². The normalized spacial score (nSPS) is 12.8. The molecule has 0 spiro atoms. The van der Waals surface area contributed by atoms with Crippen LogP contribution in [0, 0.1) is 12.3 Å². The molecule has 0 amide bonds. The number of aromatic amines is 1. The second-order valence-electron chi connectivity index (χ2n) is 4.62. The van der Waals surface area contributed by atoms with Gasteiger partial charge in [-0.2, -0.15) is 0 Å². The molecule has 1 aromatic heterocycles. The Morgan fingerprint density at radius 1 is 1.37 bits per heavy atom. The van der Waals surface area contributed by atoms with E-state index in [0.717, 1.165) is 0 Å². The van der Waals surface area contributed by atoms with Crippen molar-refractivity contribution in [2.45, 2.75) is 37.8 Å². The van der Waals surface area contributed by atoms with Gasteiger partial charge in [0.1, 0.15) is 0 Å². The van der Waals surface area contributed by atoms with Crippen LogP contribution >= 0.6 is 11.3 Å². The molecule has 3 N–H and O–H groups in total. The van der Waals surface area contributed by atoms with Gasteiger partial charge in [0, 0.05) is 24.3 Å². The molecule has 0 unspecified atom stereocenters. The number of rotatable bonds is 7. The quantitative estimate of drug-likeness (QED) is 0.694. The lowest BCUT2D eigenvalue weighted by molar-refractivity contribution is 0.119. The summed E-state index contributed by atoms with van der Waals surface area (Å²) in [6, 6.07) is 0. The third-order valence-electron chi connectivity index (χ3n) is 3.50. The van der Waals surface area contributed by atoms with Gasteiger partial charge >= 0.3 is 4.87 Å². The number of sulfonamides is 1. The maximum absolute atomic E-state index is 12.1. The van der Waals surface area contributed by atoms with Crippen LogP contribution in [0.4, 0.5) is 0 Å². The first-order chi connectivity index (χ1) is 8.80. The van der Waals surface area contributed by atoms with Crippen molar-refractivity contribution < 1.29 is 13.5 Å². The van der Waals surface area contributed by atoms with Gasteiger partial charge in [-0.1, -0.05) is 25.2 Å². The lowest BCUT2D eigenvalue weighted by Gasteiger charge is -2.29. The fraction of sp³-hybridized carbons (Fsp3) is 0.727. The molecule has 1 heterocycles. The molecule has 8 heteroatoms. The highest BCUT2D eigenvalue weighted by atomic mass is 32.2. The molecule has 0 fully saturated rings. The molecule has 0 aromatic carbocycles. The minimum Gasteiger partial charge on any atom is -0.396 e. The van der Waals surface area contributed by atoms with Crippen LogP contribution in [0.1, 0.15) is 32.4 Å². The number of hydrogen-bond donors (Lipinski definition) is 3. The average Bonchev–Trinajstić information content (AvgIpc) is 2.72. The monoisotopic (exact) mass is 308 g/mol. The highest BCUT2D eigenvalue weighted by Crippen LogP contribution is 2.25. The number of H-pyrrole nitrogens is 1. The zero-order valence-corrected chi connectivity index (χ0v) is 12.9. The molecule has 0 saturated heterocycles. The van der Waals surface area contributed by atoms with Gasteiger partial charge in [-0.25, -0.2) is 13.1 Å². The summed E-state index contributed by atoms with van der Waals surface area (Å²) in [6.07, 6.45) is 1.34. The number of aliphatic hydroxyl groups is 1. The van der Waals surface area contributed by atoms with Crippen molar-refractivity contribution in [2.24, 2.45) is 5.41 Å². The Balaban J connectivity index is 2.93. The Kier molecular flexibility index (Phi) is 5.31. The molecule has 0 saturated carbocycles. The van der Waals surface area contributed by atoms with E-state index in [1.165, 1.54) is 0 Å². The maximum atomic E-state index is 12.1. The minimum absolute atomic E-state index is 0.0107. The molecule has 1 aromatic rings. The van der Waals surface area contributed by atoms with Crippen molar-refractivity contribution in [2.75, 3.05) is 13.2 Å². The highest BCUT2D eigenvalue weighted by molar-refractivity contribution is 7.91. The first-order valence-electron chi connectivity index (χ1n) is 6.10. The first-order valence-corrected chi connectivity index (χ1v) is 8.40. The lowest BCUT2D eigenvalue weighted by Crippen LogP contribution is -2.39. The van der Waals surface area contributed by atoms with Gasteiger partial charge in [-0.3, -0.25) is 4.79 Å². The van der Waals surface area contributed by atoms with Crippen LogP contribution in [0.15, 0.2) is 9.00 Å². The molecule has 0 bridgehead atoms. The summed E-state index contributed by atoms with van der Waals surface area (Å²) in [4.78, 5) is 13.2. The predicted molar refractivity (Wildman–Crippen MR) is 75.0 cm³/mol. The Bertz CT molecular complexity index is 561. The van der Waals surface area contributed by atoms with E-state index in [-0.39, 0.29) is 17.4 Å². The molecule has 0 atom stereocenters. The Morgan fingerprint density at radius 3 is 2.32 bits per heavy atom. The smallest absolute Gasteiger partial charge is 0.305 e. The van der Waals surface area contributed by atoms with E-state index in [0.29, 0.717) is 29.9 Å². The second kappa shape index (κ2) is 6.17. The van der Waals surface area contributed by atoms with Crippen LogP contribution in [0.25, 0.3) is 0 Å². The third kappa shape index (κ3) is 3.65. The molecule has 0 radical (unpaired) electrons. The van der Waals surface area contributed by atoms with E-state index >= 15 is 0 Å². The van der Waals surface area contributed by atoms with E-state index in [9.17, 15) is 18.3 Å². The van der Waals surface area contributed by atoms with Gasteiger partial charge in [0.15, 0.2) is 4.21 Å². The largest absolute Gasteiger partial charge is 0.396 e. The van der Waals surface area contributed by atoms with Crippen LogP contribution < -0.4 is 9.60 Å². The van der Waals surface area contributed by atoms with Gasteiger partial charge in [0.2, 0.25) is 0 Å². The molecular formula is C11H20N2O4S2. The molecule has 1 rings (SSSR count). The number of aromatic nitrogens is 1. The minimum atomic E-state index is -3.71. The Hall–Kier alpha value is -0.700. The first kappa shape index (κ1) is 16.4. The summed E-state index contributed by atoms with van der Waals surface area (Å²) in [5.41, 5.74) is -0.118. The van der Waals surface area contributed by atoms with Gasteiger partial charge in [-0.15, -0.1) is 0 Å². The van der Waals surface area contributed by atoms with Crippen molar-refractivity contribution in [1.29, 1.82) is 0 Å². The number of nitrogens with one attached hydrogen (secondary N) is 2. The van der Waals surface area contributed by atoms with Crippen LogP contribution in [0.2, 0.25) is 0 Å². The van der Waals surface area contributed by atoms with Crippen LogP contribution in [-0.2, 0) is 10.0 Å². The maximum Gasteiger partial charge on any atom is 0.305 e. The molecule has 0 aliphatic carbocycles. The number of hydrogen-bond acceptors (Lipinski definition) is 5. The van der Waals surface area contributed by atoms with E-state index in [2.05, 4.69) is 9.71 Å². The van der Waals surface area contributed by atoms with Crippen molar-refractivity contribution in [3.05, 3.63) is 15.4 Å². The molecule has 0 aliphatic heterocycles.